The van der Waals surface area contributed by atoms with Crippen LogP contribution in [0.4, 0.5) is 5.69 Å². The number of nitrogens with zero attached hydrogens (tertiary/aromatic N) is 1. The zero-order valence-electron chi connectivity index (χ0n) is 12.5. The first kappa shape index (κ1) is 15.0. The van der Waals surface area contributed by atoms with E-state index in [1.807, 2.05) is 0 Å². The van der Waals surface area contributed by atoms with E-state index in [0.29, 0.717) is 12.0 Å². The number of aryl methyl sites for hydroxylation is 1. The van der Waals surface area contributed by atoms with Gasteiger partial charge in [0.1, 0.15) is 0 Å². The molecule has 2 nitrogen and oxygen atoms in total. The van der Waals surface area contributed by atoms with E-state index in [9.17, 15) is 0 Å². The Hall–Kier alpha value is -1.02. The average molecular weight is 248 g/mol. The third-order valence-corrected chi connectivity index (χ3v) is 3.44. The van der Waals surface area contributed by atoms with Crippen molar-refractivity contribution in [3.05, 3.63) is 29.8 Å². The Morgan fingerprint density at radius 2 is 1.94 bits per heavy atom. The van der Waals surface area contributed by atoms with Gasteiger partial charge >= 0.3 is 0 Å². The molecule has 1 atom stereocenters. The van der Waals surface area contributed by atoms with Crippen LogP contribution in [0.25, 0.3) is 0 Å². The summed E-state index contributed by atoms with van der Waals surface area (Å²) in [7, 11) is 0. The van der Waals surface area contributed by atoms with Crippen LogP contribution in [-0.2, 0) is 0 Å². The summed E-state index contributed by atoms with van der Waals surface area (Å²) in [5.41, 5.74) is 2.66. The van der Waals surface area contributed by atoms with Gasteiger partial charge in [-0.3, -0.25) is 0 Å². The van der Waals surface area contributed by atoms with Crippen molar-refractivity contribution < 1.29 is 0 Å². The Balaban J connectivity index is 2.77. The van der Waals surface area contributed by atoms with E-state index in [1.165, 1.54) is 11.3 Å². The van der Waals surface area contributed by atoms with Crippen molar-refractivity contribution in [3.63, 3.8) is 0 Å². The Morgan fingerprint density at radius 3 is 2.44 bits per heavy atom. The molecular weight excluding hydrogens is 220 g/mol. The van der Waals surface area contributed by atoms with Crippen molar-refractivity contribution in [2.24, 2.45) is 5.92 Å². The quantitative estimate of drug-likeness (QED) is 0.795. The SMILES string of the molecule is CCNC(CN(CC)c1cccc(C)c1)C(C)C. The molecule has 18 heavy (non-hydrogen) atoms. The van der Waals surface area contributed by atoms with E-state index in [-0.39, 0.29) is 0 Å². The molecule has 0 saturated carbocycles. The van der Waals surface area contributed by atoms with Gasteiger partial charge in [0.15, 0.2) is 0 Å². The van der Waals surface area contributed by atoms with Crippen LogP contribution >= 0.6 is 0 Å². The number of hydrogen-bond donors (Lipinski definition) is 1. The van der Waals surface area contributed by atoms with Gasteiger partial charge < -0.3 is 10.2 Å². The van der Waals surface area contributed by atoms with Crippen molar-refractivity contribution in [1.82, 2.24) is 5.32 Å². The molecule has 0 heterocycles. The molecule has 0 saturated heterocycles. The van der Waals surface area contributed by atoms with Gasteiger partial charge in [0.2, 0.25) is 0 Å². The molecule has 0 aliphatic carbocycles. The maximum absolute atomic E-state index is 3.59. The highest BCUT2D eigenvalue weighted by molar-refractivity contribution is 5.48. The lowest BCUT2D eigenvalue weighted by molar-refractivity contribution is 0.406. The number of benzene rings is 1. The minimum atomic E-state index is 0.551. The second kappa shape index (κ2) is 7.42. The smallest absolute Gasteiger partial charge is 0.0369 e. The molecule has 1 N–H and O–H groups in total. The maximum atomic E-state index is 3.59. The average Bonchev–Trinajstić information content (AvgIpc) is 2.34. The second-order valence-electron chi connectivity index (χ2n) is 5.29. The van der Waals surface area contributed by atoms with Gasteiger partial charge in [-0.25, -0.2) is 0 Å². The first-order chi connectivity index (χ1) is 8.58. The van der Waals surface area contributed by atoms with Crippen LogP contribution in [-0.4, -0.2) is 25.7 Å². The molecule has 0 aliphatic heterocycles. The number of rotatable bonds is 7. The zero-order valence-corrected chi connectivity index (χ0v) is 12.5. The molecule has 0 bridgehead atoms. The maximum Gasteiger partial charge on any atom is 0.0369 e. The molecule has 0 spiro atoms. The molecule has 1 aromatic carbocycles. The summed E-state index contributed by atoms with van der Waals surface area (Å²) in [5.74, 6) is 0.656. The summed E-state index contributed by atoms with van der Waals surface area (Å²) in [6.07, 6.45) is 0. The third kappa shape index (κ3) is 4.34. The predicted octanol–water partition coefficient (Wildman–Crippen LogP) is 3.46. The van der Waals surface area contributed by atoms with Crippen molar-refractivity contribution >= 4 is 5.69 Å². The Kier molecular flexibility index (Phi) is 6.20. The lowest BCUT2D eigenvalue weighted by atomic mass is 10.0. The molecule has 1 aromatic rings. The van der Waals surface area contributed by atoms with E-state index >= 15 is 0 Å². The van der Waals surface area contributed by atoms with Gasteiger partial charge in [-0.1, -0.05) is 32.9 Å². The standard InChI is InChI=1S/C16H28N2/c1-6-17-16(13(3)4)12-18(7-2)15-10-8-9-14(5)11-15/h8-11,13,16-17H,6-7,12H2,1-5H3. The van der Waals surface area contributed by atoms with Crippen LogP contribution in [0.15, 0.2) is 24.3 Å². The van der Waals surface area contributed by atoms with Gasteiger partial charge in [0.05, 0.1) is 0 Å². The highest BCUT2D eigenvalue weighted by Gasteiger charge is 2.16. The summed E-state index contributed by atoms with van der Waals surface area (Å²) in [6, 6.07) is 9.33. The van der Waals surface area contributed by atoms with Crippen molar-refractivity contribution in [2.45, 2.75) is 40.7 Å². The molecule has 102 valence electrons. The van der Waals surface area contributed by atoms with Crippen molar-refractivity contribution in [3.8, 4) is 0 Å². The molecule has 0 fully saturated rings. The molecule has 0 radical (unpaired) electrons. The predicted molar refractivity (Wildman–Crippen MR) is 81.4 cm³/mol. The minimum absolute atomic E-state index is 0.551. The highest BCUT2D eigenvalue weighted by Crippen LogP contribution is 2.17. The van der Waals surface area contributed by atoms with E-state index < -0.39 is 0 Å². The Morgan fingerprint density at radius 1 is 1.22 bits per heavy atom. The van der Waals surface area contributed by atoms with Crippen LogP contribution in [0.3, 0.4) is 0 Å². The van der Waals surface area contributed by atoms with E-state index in [1.54, 1.807) is 0 Å². The fraction of sp³-hybridized carbons (Fsp3) is 0.625. The Bertz CT molecular complexity index is 347. The van der Waals surface area contributed by atoms with Gasteiger partial charge in [-0.2, -0.15) is 0 Å². The molecule has 1 rings (SSSR count). The fourth-order valence-electron chi connectivity index (χ4n) is 2.25. The van der Waals surface area contributed by atoms with Crippen molar-refractivity contribution in [1.29, 1.82) is 0 Å². The number of likely N-dealkylation sites (N-methyl/N-ethyl adjacent to an activating group) is 2. The van der Waals surface area contributed by atoms with Crippen LogP contribution in [0.1, 0.15) is 33.3 Å². The van der Waals surface area contributed by atoms with Crippen LogP contribution in [0.5, 0.6) is 0 Å². The van der Waals surface area contributed by atoms with Gasteiger partial charge in [0, 0.05) is 24.8 Å². The molecular formula is C16H28N2. The molecule has 0 aromatic heterocycles. The summed E-state index contributed by atoms with van der Waals surface area (Å²) in [4.78, 5) is 2.46. The van der Waals surface area contributed by atoms with Crippen LogP contribution in [0, 0.1) is 12.8 Å². The Labute approximate surface area is 112 Å². The fourth-order valence-corrected chi connectivity index (χ4v) is 2.25. The summed E-state index contributed by atoms with van der Waals surface area (Å²) < 4.78 is 0. The van der Waals surface area contributed by atoms with E-state index in [0.717, 1.165) is 19.6 Å². The summed E-state index contributed by atoms with van der Waals surface area (Å²) >= 11 is 0. The van der Waals surface area contributed by atoms with Crippen LogP contribution in [0.2, 0.25) is 0 Å². The minimum Gasteiger partial charge on any atom is -0.370 e. The first-order valence-electron chi connectivity index (χ1n) is 7.13. The number of hydrogen-bond acceptors (Lipinski definition) is 2. The van der Waals surface area contributed by atoms with Gasteiger partial charge in [-0.15, -0.1) is 0 Å². The lowest BCUT2D eigenvalue weighted by Gasteiger charge is -2.31. The second-order valence-corrected chi connectivity index (χ2v) is 5.29. The van der Waals surface area contributed by atoms with E-state index in [2.05, 4.69) is 69.1 Å². The summed E-state index contributed by atoms with van der Waals surface area (Å²) in [6.45, 7) is 14.3. The topological polar surface area (TPSA) is 15.3 Å². The van der Waals surface area contributed by atoms with Gasteiger partial charge in [-0.05, 0) is 44.0 Å². The lowest BCUT2D eigenvalue weighted by Crippen LogP contribution is -2.44. The molecule has 1 unspecified atom stereocenters. The number of nitrogens with one attached hydrogen (secondary N) is 1. The molecule has 0 aliphatic rings. The largest absolute Gasteiger partial charge is 0.370 e. The van der Waals surface area contributed by atoms with Crippen LogP contribution < -0.4 is 10.2 Å². The molecule has 2 heteroatoms. The summed E-state index contributed by atoms with van der Waals surface area (Å²) in [5, 5.41) is 3.59. The third-order valence-electron chi connectivity index (χ3n) is 3.44. The zero-order chi connectivity index (χ0) is 13.5. The first-order valence-corrected chi connectivity index (χ1v) is 7.13. The monoisotopic (exact) mass is 248 g/mol. The molecule has 0 amide bonds. The van der Waals surface area contributed by atoms with Crippen molar-refractivity contribution in [2.75, 3.05) is 24.5 Å². The van der Waals surface area contributed by atoms with Gasteiger partial charge in [0.25, 0.3) is 0 Å². The highest BCUT2D eigenvalue weighted by atomic mass is 15.1. The normalized spacial score (nSPS) is 12.8. The number of anilines is 1. The van der Waals surface area contributed by atoms with E-state index in [4.69, 9.17) is 0 Å².